The van der Waals surface area contributed by atoms with Gasteiger partial charge in [-0.1, -0.05) is 17.2 Å². The third kappa shape index (κ3) is 5.55. The number of nitrogens with zero attached hydrogens (tertiary/aromatic N) is 3. The number of nitrogens with one attached hydrogen (secondary N) is 2. The van der Waals surface area contributed by atoms with E-state index in [1.54, 1.807) is 0 Å². The molecule has 3 heterocycles. The van der Waals surface area contributed by atoms with Gasteiger partial charge in [0.1, 0.15) is 5.82 Å². The molecule has 2 saturated heterocycles. The fraction of sp³-hybridized carbons (Fsp3) is 0.444. The van der Waals surface area contributed by atoms with Crippen LogP contribution < -0.4 is 5.32 Å². The summed E-state index contributed by atoms with van der Waals surface area (Å²) >= 11 is 0. The number of likely N-dealkylation sites (tertiary alicyclic amines) is 1. The van der Waals surface area contributed by atoms with Crippen LogP contribution in [0.15, 0.2) is 36.4 Å². The molecule has 35 heavy (non-hydrogen) atoms. The fourth-order valence-electron chi connectivity index (χ4n) is 5.09. The molecule has 2 aromatic carbocycles. The summed E-state index contributed by atoms with van der Waals surface area (Å²) in [4.78, 5) is 38.4. The second kappa shape index (κ2) is 10.2. The van der Waals surface area contributed by atoms with Crippen LogP contribution in [0.1, 0.15) is 40.2 Å². The Bertz CT molecular complexity index is 1210. The van der Waals surface area contributed by atoms with Crippen molar-refractivity contribution in [3.63, 3.8) is 0 Å². The topological polar surface area (TPSA) is 90.6 Å². The minimum absolute atomic E-state index is 0.000905. The summed E-state index contributed by atoms with van der Waals surface area (Å²) in [6, 6.07) is 11.7. The zero-order valence-corrected chi connectivity index (χ0v) is 20.5. The number of ether oxygens (including phenoxy) is 1. The zero-order chi connectivity index (χ0) is 24.4. The maximum Gasteiger partial charge on any atom is 0.253 e. The van der Waals surface area contributed by atoms with Gasteiger partial charge in [0.15, 0.2) is 0 Å². The van der Waals surface area contributed by atoms with E-state index in [9.17, 15) is 9.59 Å². The Morgan fingerprint density at radius 2 is 1.86 bits per heavy atom. The molecule has 0 saturated carbocycles. The van der Waals surface area contributed by atoms with Gasteiger partial charge in [-0.3, -0.25) is 14.5 Å². The number of benzene rings is 2. The molecule has 2 aliphatic rings. The zero-order valence-electron chi connectivity index (χ0n) is 20.5. The molecule has 0 bridgehead atoms. The fourth-order valence-corrected chi connectivity index (χ4v) is 5.09. The number of carbonyl (C=O) groups is 2. The third-order valence-corrected chi connectivity index (χ3v) is 6.82. The molecule has 184 valence electrons. The second-order valence-electron chi connectivity index (χ2n) is 9.76. The van der Waals surface area contributed by atoms with E-state index in [0.717, 1.165) is 79.4 Å². The minimum Gasteiger partial charge on any atom is -0.379 e. The summed E-state index contributed by atoms with van der Waals surface area (Å²) in [6.45, 7) is 9.19. The summed E-state index contributed by atoms with van der Waals surface area (Å²) in [6.07, 6.45) is 1.59. The molecule has 0 radical (unpaired) electrons. The monoisotopic (exact) mass is 475 g/mol. The maximum absolute atomic E-state index is 13.1. The number of aromatic amines is 1. The van der Waals surface area contributed by atoms with E-state index in [4.69, 9.17) is 9.72 Å². The van der Waals surface area contributed by atoms with E-state index >= 15 is 0 Å². The van der Waals surface area contributed by atoms with Crippen LogP contribution in [0.5, 0.6) is 0 Å². The molecule has 0 aliphatic carbocycles. The molecule has 0 spiro atoms. The van der Waals surface area contributed by atoms with Gasteiger partial charge in [-0.2, -0.15) is 0 Å². The standard InChI is InChI=1S/C27H33N5O3/c1-18-12-19(2)14-21(13-18)27(34)32-7-3-4-20(16-32)26(33)28-22-5-6-23-24(15-22)30-25(29-23)17-31-8-10-35-11-9-31/h5-6,12-15,20H,3-4,7-11,16-17H2,1-2H3,(H,28,33)(H,29,30). The number of hydrogen-bond acceptors (Lipinski definition) is 5. The van der Waals surface area contributed by atoms with E-state index in [-0.39, 0.29) is 17.7 Å². The Hall–Kier alpha value is -3.23. The van der Waals surface area contributed by atoms with Gasteiger partial charge in [0.2, 0.25) is 5.91 Å². The number of carbonyl (C=O) groups excluding carboxylic acids is 2. The van der Waals surface area contributed by atoms with Crippen LogP contribution >= 0.6 is 0 Å². The van der Waals surface area contributed by atoms with Crippen LogP contribution in [-0.2, 0) is 16.1 Å². The summed E-state index contributed by atoms with van der Waals surface area (Å²) in [5, 5.41) is 3.06. The molecule has 2 fully saturated rings. The van der Waals surface area contributed by atoms with Crippen molar-refractivity contribution in [1.29, 1.82) is 0 Å². The first-order chi connectivity index (χ1) is 16.9. The van der Waals surface area contributed by atoms with Gasteiger partial charge in [-0.15, -0.1) is 0 Å². The molecule has 1 atom stereocenters. The van der Waals surface area contributed by atoms with Crippen LogP contribution in [-0.4, -0.2) is 71.0 Å². The highest BCUT2D eigenvalue weighted by atomic mass is 16.5. The third-order valence-electron chi connectivity index (χ3n) is 6.82. The summed E-state index contributed by atoms with van der Waals surface area (Å²) in [5.74, 6) is 0.641. The van der Waals surface area contributed by atoms with E-state index < -0.39 is 0 Å². The van der Waals surface area contributed by atoms with Crippen LogP contribution in [0.3, 0.4) is 0 Å². The highest BCUT2D eigenvalue weighted by Crippen LogP contribution is 2.23. The molecule has 8 nitrogen and oxygen atoms in total. The smallest absolute Gasteiger partial charge is 0.253 e. The molecule has 1 aromatic heterocycles. The molecule has 2 amide bonds. The normalized spacial score (nSPS) is 19.1. The predicted octanol–water partition coefficient (Wildman–Crippen LogP) is 3.50. The second-order valence-corrected chi connectivity index (χ2v) is 9.76. The van der Waals surface area contributed by atoms with Crippen molar-refractivity contribution < 1.29 is 14.3 Å². The van der Waals surface area contributed by atoms with E-state index in [1.807, 2.05) is 49.1 Å². The Balaban J connectivity index is 1.23. The van der Waals surface area contributed by atoms with Crippen molar-refractivity contribution in [2.45, 2.75) is 33.2 Å². The molecule has 2 N–H and O–H groups in total. The highest BCUT2D eigenvalue weighted by molar-refractivity contribution is 5.97. The van der Waals surface area contributed by atoms with E-state index in [2.05, 4.69) is 21.3 Å². The molecule has 2 aliphatic heterocycles. The molecule has 5 rings (SSSR count). The number of aryl methyl sites for hydroxylation is 2. The molecule has 1 unspecified atom stereocenters. The Labute approximate surface area is 205 Å². The summed E-state index contributed by atoms with van der Waals surface area (Å²) < 4.78 is 5.42. The Morgan fingerprint density at radius 3 is 2.63 bits per heavy atom. The van der Waals surface area contributed by atoms with Crippen molar-refractivity contribution in [3.05, 3.63) is 58.9 Å². The number of imidazole rings is 1. The molecular weight excluding hydrogens is 442 g/mol. The molecule has 3 aromatic rings. The van der Waals surface area contributed by atoms with Gasteiger partial charge < -0.3 is 19.9 Å². The molecule has 8 heteroatoms. The maximum atomic E-state index is 13.1. The van der Waals surface area contributed by atoms with Crippen LogP contribution in [0.25, 0.3) is 11.0 Å². The number of rotatable bonds is 5. The quantitative estimate of drug-likeness (QED) is 0.590. The van der Waals surface area contributed by atoms with Crippen molar-refractivity contribution >= 4 is 28.5 Å². The van der Waals surface area contributed by atoms with Crippen molar-refractivity contribution in [2.75, 3.05) is 44.7 Å². The number of aromatic nitrogens is 2. The largest absolute Gasteiger partial charge is 0.379 e. The van der Waals surface area contributed by atoms with Crippen LogP contribution in [0.4, 0.5) is 5.69 Å². The lowest BCUT2D eigenvalue weighted by Gasteiger charge is -2.32. The number of morpholine rings is 1. The summed E-state index contributed by atoms with van der Waals surface area (Å²) in [5.41, 5.74) is 5.36. The number of anilines is 1. The first-order valence-electron chi connectivity index (χ1n) is 12.4. The number of amides is 2. The SMILES string of the molecule is Cc1cc(C)cc(C(=O)N2CCCC(C(=O)Nc3ccc4nc(CN5CCOCC5)[nH]c4c3)C2)c1. The van der Waals surface area contributed by atoms with E-state index in [1.165, 1.54) is 0 Å². The van der Waals surface area contributed by atoms with Gasteiger partial charge in [-0.25, -0.2) is 4.98 Å². The lowest BCUT2D eigenvalue weighted by atomic mass is 9.96. The van der Waals surface area contributed by atoms with Crippen molar-refractivity contribution in [3.8, 4) is 0 Å². The molecular formula is C27H33N5O3. The van der Waals surface area contributed by atoms with E-state index in [0.29, 0.717) is 18.7 Å². The number of H-pyrrole nitrogens is 1. The number of fused-ring (bicyclic) bond motifs is 1. The van der Waals surface area contributed by atoms with Gasteiger partial charge in [-0.05, 0) is 57.0 Å². The summed E-state index contributed by atoms with van der Waals surface area (Å²) in [7, 11) is 0. The van der Waals surface area contributed by atoms with Gasteiger partial charge in [0.25, 0.3) is 5.91 Å². The minimum atomic E-state index is -0.229. The number of hydrogen-bond donors (Lipinski definition) is 2. The van der Waals surface area contributed by atoms with Crippen LogP contribution in [0.2, 0.25) is 0 Å². The van der Waals surface area contributed by atoms with Crippen molar-refractivity contribution in [2.24, 2.45) is 5.92 Å². The average molecular weight is 476 g/mol. The first-order valence-corrected chi connectivity index (χ1v) is 12.4. The highest BCUT2D eigenvalue weighted by Gasteiger charge is 2.29. The lowest BCUT2D eigenvalue weighted by molar-refractivity contribution is -0.121. The van der Waals surface area contributed by atoms with Gasteiger partial charge in [0.05, 0.1) is 36.7 Å². The lowest BCUT2D eigenvalue weighted by Crippen LogP contribution is -2.43. The number of piperidine rings is 1. The van der Waals surface area contributed by atoms with Gasteiger partial charge >= 0.3 is 0 Å². The van der Waals surface area contributed by atoms with Crippen LogP contribution in [0, 0.1) is 19.8 Å². The first kappa shape index (κ1) is 23.5. The van der Waals surface area contributed by atoms with Gasteiger partial charge in [0, 0.05) is 37.4 Å². The van der Waals surface area contributed by atoms with Crippen molar-refractivity contribution in [1.82, 2.24) is 19.8 Å². The average Bonchev–Trinajstić information content (AvgIpc) is 3.25. The predicted molar refractivity (Wildman–Crippen MR) is 135 cm³/mol. The Morgan fingerprint density at radius 1 is 1.09 bits per heavy atom. The Kier molecular flexibility index (Phi) is 6.83.